The van der Waals surface area contributed by atoms with Gasteiger partial charge >= 0.3 is 5.97 Å². The van der Waals surface area contributed by atoms with Crippen molar-refractivity contribution in [1.82, 2.24) is 0 Å². The van der Waals surface area contributed by atoms with Crippen molar-refractivity contribution in [3.05, 3.63) is 30.3 Å². The topological polar surface area (TPSA) is 46.5 Å². The smallest absolute Gasteiger partial charge is 0.316 e. The standard InChI is InChI=1S/C15H22O3/c1-3-4-6-11-14(16)12(2)15(17)18-13-9-7-5-8-10-13/h5,7-10,12,14,16H,3-4,6,11H2,1-2H3/t12-,14-/m0/s1. The molecule has 0 bridgehead atoms. The van der Waals surface area contributed by atoms with Crippen LogP contribution in [0, 0.1) is 5.92 Å². The predicted octanol–water partition coefficient (Wildman–Crippen LogP) is 3.17. The average Bonchev–Trinajstić information content (AvgIpc) is 2.39. The highest BCUT2D eigenvalue weighted by atomic mass is 16.5. The van der Waals surface area contributed by atoms with Crippen molar-refractivity contribution in [2.75, 3.05) is 0 Å². The molecule has 0 fully saturated rings. The van der Waals surface area contributed by atoms with Crippen LogP contribution >= 0.6 is 0 Å². The molecule has 0 aliphatic heterocycles. The molecule has 0 amide bonds. The highest BCUT2D eigenvalue weighted by Crippen LogP contribution is 2.16. The molecule has 0 unspecified atom stereocenters. The number of aliphatic hydroxyl groups excluding tert-OH is 1. The first-order valence-electron chi connectivity index (χ1n) is 6.60. The zero-order valence-electron chi connectivity index (χ0n) is 11.1. The van der Waals surface area contributed by atoms with Crippen molar-refractivity contribution < 1.29 is 14.6 Å². The normalized spacial score (nSPS) is 13.9. The fourth-order valence-electron chi connectivity index (χ4n) is 1.71. The molecule has 18 heavy (non-hydrogen) atoms. The Kier molecular flexibility index (Phi) is 6.44. The van der Waals surface area contributed by atoms with Crippen LogP contribution in [-0.4, -0.2) is 17.2 Å². The van der Waals surface area contributed by atoms with Crippen LogP contribution in [-0.2, 0) is 4.79 Å². The van der Waals surface area contributed by atoms with Crippen LogP contribution in [0.5, 0.6) is 5.75 Å². The number of rotatable bonds is 7. The molecule has 3 nitrogen and oxygen atoms in total. The number of carbonyl (C=O) groups excluding carboxylic acids is 1. The van der Waals surface area contributed by atoms with E-state index in [0.29, 0.717) is 12.2 Å². The Morgan fingerprint density at radius 2 is 1.94 bits per heavy atom. The lowest BCUT2D eigenvalue weighted by Crippen LogP contribution is -2.29. The van der Waals surface area contributed by atoms with E-state index in [1.54, 1.807) is 19.1 Å². The minimum Gasteiger partial charge on any atom is -0.426 e. The number of unbranched alkanes of at least 4 members (excludes halogenated alkanes) is 2. The van der Waals surface area contributed by atoms with Gasteiger partial charge in [-0.05, 0) is 25.5 Å². The molecule has 0 aliphatic carbocycles. The Morgan fingerprint density at radius 1 is 1.28 bits per heavy atom. The maximum Gasteiger partial charge on any atom is 0.316 e. The van der Waals surface area contributed by atoms with E-state index in [4.69, 9.17) is 4.74 Å². The third kappa shape index (κ3) is 4.88. The molecule has 100 valence electrons. The molecule has 0 aromatic heterocycles. The van der Waals surface area contributed by atoms with E-state index in [0.717, 1.165) is 19.3 Å². The van der Waals surface area contributed by atoms with E-state index in [9.17, 15) is 9.90 Å². The first-order chi connectivity index (χ1) is 8.65. The van der Waals surface area contributed by atoms with E-state index >= 15 is 0 Å². The van der Waals surface area contributed by atoms with Crippen molar-refractivity contribution in [3.63, 3.8) is 0 Å². The number of hydrogen-bond donors (Lipinski definition) is 1. The Morgan fingerprint density at radius 3 is 2.56 bits per heavy atom. The number of aliphatic hydroxyl groups is 1. The van der Waals surface area contributed by atoms with Gasteiger partial charge in [-0.1, -0.05) is 44.4 Å². The van der Waals surface area contributed by atoms with Gasteiger partial charge in [0.15, 0.2) is 0 Å². The third-order valence-corrected chi connectivity index (χ3v) is 3.01. The van der Waals surface area contributed by atoms with Crippen LogP contribution in [0.25, 0.3) is 0 Å². The molecule has 0 saturated heterocycles. The molecule has 1 aromatic carbocycles. The average molecular weight is 250 g/mol. The summed E-state index contributed by atoms with van der Waals surface area (Å²) in [5.41, 5.74) is 0. The van der Waals surface area contributed by atoms with Gasteiger partial charge < -0.3 is 9.84 Å². The second kappa shape index (κ2) is 7.88. The second-order valence-electron chi connectivity index (χ2n) is 4.59. The first kappa shape index (κ1) is 14.7. The van der Waals surface area contributed by atoms with Crippen LogP contribution in [0.2, 0.25) is 0 Å². The Labute approximate surface area is 109 Å². The van der Waals surface area contributed by atoms with Crippen LogP contribution in [0.15, 0.2) is 30.3 Å². The monoisotopic (exact) mass is 250 g/mol. The van der Waals surface area contributed by atoms with Crippen LogP contribution in [0.1, 0.15) is 39.5 Å². The summed E-state index contributed by atoms with van der Waals surface area (Å²) in [6.07, 6.45) is 3.17. The molecule has 2 atom stereocenters. The summed E-state index contributed by atoms with van der Waals surface area (Å²) in [5, 5.41) is 9.89. The second-order valence-corrected chi connectivity index (χ2v) is 4.59. The fraction of sp³-hybridized carbons (Fsp3) is 0.533. The molecule has 3 heteroatoms. The highest BCUT2D eigenvalue weighted by molar-refractivity contribution is 5.75. The third-order valence-electron chi connectivity index (χ3n) is 3.01. The van der Waals surface area contributed by atoms with Gasteiger partial charge in [0.1, 0.15) is 5.75 Å². The predicted molar refractivity (Wildman–Crippen MR) is 71.4 cm³/mol. The van der Waals surface area contributed by atoms with Gasteiger partial charge in [0.25, 0.3) is 0 Å². The highest BCUT2D eigenvalue weighted by Gasteiger charge is 2.23. The van der Waals surface area contributed by atoms with Crippen LogP contribution < -0.4 is 4.74 Å². The lowest BCUT2D eigenvalue weighted by Gasteiger charge is -2.17. The van der Waals surface area contributed by atoms with E-state index in [-0.39, 0.29) is 5.97 Å². The molecule has 1 N–H and O–H groups in total. The largest absolute Gasteiger partial charge is 0.426 e. The molecule has 0 aliphatic rings. The number of ether oxygens (including phenoxy) is 1. The van der Waals surface area contributed by atoms with E-state index in [2.05, 4.69) is 6.92 Å². The maximum absolute atomic E-state index is 11.8. The number of carbonyl (C=O) groups is 1. The summed E-state index contributed by atoms with van der Waals surface area (Å²) in [6, 6.07) is 8.94. The van der Waals surface area contributed by atoms with Crippen molar-refractivity contribution in [3.8, 4) is 5.75 Å². The summed E-state index contributed by atoms with van der Waals surface area (Å²) in [6.45, 7) is 3.82. The molecular weight excluding hydrogens is 228 g/mol. The van der Waals surface area contributed by atoms with Gasteiger partial charge in [0.2, 0.25) is 0 Å². The van der Waals surface area contributed by atoms with Gasteiger partial charge in [0, 0.05) is 0 Å². The van der Waals surface area contributed by atoms with E-state index in [1.807, 2.05) is 18.2 Å². The van der Waals surface area contributed by atoms with Crippen molar-refractivity contribution in [2.45, 2.75) is 45.6 Å². The summed E-state index contributed by atoms with van der Waals surface area (Å²) >= 11 is 0. The molecule has 0 radical (unpaired) electrons. The van der Waals surface area contributed by atoms with E-state index < -0.39 is 12.0 Å². The number of para-hydroxylation sites is 1. The minimum atomic E-state index is -0.618. The Bertz CT molecular complexity index is 348. The number of hydrogen-bond acceptors (Lipinski definition) is 3. The summed E-state index contributed by atoms with van der Waals surface area (Å²) < 4.78 is 5.20. The zero-order valence-corrected chi connectivity index (χ0v) is 11.1. The van der Waals surface area contributed by atoms with Crippen molar-refractivity contribution >= 4 is 5.97 Å². The van der Waals surface area contributed by atoms with Gasteiger partial charge in [0.05, 0.1) is 12.0 Å². The summed E-state index contributed by atoms with van der Waals surface area (Å²) in [4.78, 5) is 11.8. The molecule has 1 rings (SSSR count). The number of benzene rings is 1. The summed E-state index contributed by atoms with van der Waals surface area (Å²) in [5.74, 6) is -0.331. The van der Waals surface area contributed by atoms with Crippen molar-refractivity contribution in [2.24, 2.45) is 5.92 Å². The van der Waals surface area contributed by atoms with Crippen molar-refractivity contribution in [1.29, 1.82) is 0 Å². The van der Waals surface area contributed by atoms with Gasteiger partial charge in [-0.3, -0.25) is 4.79 Å². The fourth-order valence-corrected chi connectivity index (χ4v) is 1.71. The summed E-state index contributed by atoms with van der Waals surface area (Å²) in [7, 11) is 0. The lowest BCUT2D eigenvalue weighted by atomic mass is 9.99. The molecule has 0 heterocycles. The minimum absolute atomic E-state index is 0.370. The van der Waals surface area contributed by atoms with Gasteiger partial charge in [-0.25, -0.2) is 0 Å². The van der Waals surface area contributed by atoms with Gasteiger partial charge in [-0.15, -0.1) is 0 Å². The van der Waals surface area contributed by atoms with Crippen LogP contribution in [0.4, 0.5) is 0 Å². The first-order valence-corrected chi connectivity index (χ1v) is 6.60. The molecule has 0 saturated carbocycles. The zero-order chi connectivity index (χ0) is 13.4. The maximum atomic E-state index is 11.8. The van der Waals surface area contributed by atoms with Crippen LogP contribution in [0.3, 0.4) is 0 Å². The SMILES string of the molecule is CCCCC[C@H](O)[C@H](C)C(=O)Oc1ccccc1. The van der Waals surface area contributed by atoms with E-state index in [1.165, 1.54) is 0 Å². The molecular formula is C15H22O3. The number of esters is 1. The Hall–Kier alpha value is -1.35. The quantitative estimate of drug-likeness (QED) is 0.459. The molecule has 0 spiro atoms. The Balaban J connectivity index is 2.41. The molecule has 1 aromatic rings. The lowest BCUT2D eigenvalue weighted by molar-refractivity contribution is -0.142. The van der Waals surface area contributed by atoms with Gasteiger partial charge in [-0.2, -0.15) is 0 Å².